The number of nitrogens with one attached hydrogen (secondary N) is 1. The van der Waals surface area contributed by atoms with Crippen LogP contribution in [0.3, 0.4) is 0 Å². The van der Waals surface area contributed by atoms with E-state index in [0.717, 1.165) is 32.1 Å². The molecule has 3 nitrogen and oxygen atoms in total. The van der Waals surface area contributed by atoms with Gasteiger partial charge >= 0.3 is 0 Å². The SMILES string of the molecule is CC(C)CC[C@@H](c1ccc(O)cc1)N1CCNCC1.Cl.Cl. The Morgan fingerprint density at radius 2 is 1.62 bits per heavy atom. The molecule has 0 unspecified atom stereocenters. The van der Waals surface area contributed by atoms with Crippen LogP contribution in [-0.4, -0.2) is 36.2 Å². The minimum absolute atomic E-state index is 0. The molecule has 21 heavy (non-hydrogen) atoms. The monoisotopic (exact) mass is 334 g/mol. The summed E-state index contributed by atoms with van der Waals surface area (Å²) in [5.41, 5.74) is 1.33. The third-order valence-corrected chi connectivity index (χ3v) is 3.89. The van der Waals surface area contributed by atoms with Gasteiger partial charge in [0, 0.05) is 32.2 Å². The van der Waals surface area contributed by atoms with Crippen molar-refractivity contribution in [2.45, 2.75) is 32.7 Å². The predicted octanol–water partition coefficient (Wildman–Crippen LogP) is 3.62. The summed E-state index contributed by atoms with van der Waals surface area (Å²) < 4.78 is 0. The lowest BCUT2D eigenvalue weighted by Crippen LogP contribution is -2.45. The summed E-state index contributed by atoms with van der Waals surface area (Å²) in [5.74, 6) is 1.09. The van der Waals surface area contributed by atoms with E-state index >= 15 is 0 Å². The highest BCUT2D eigenvalue weighted by atomic mass is 35.5. The molecule has 1 aliphatic rings. The number of halogens is 2. The molecular formula is C16H28Cl2N2O. The van der Waals surface area contributed by atoms with E-state index in [1.165, 1.54) is 18.4 Å². The number of nitrogens with zero attached hydrogens (tertiary/aromatic N) is 1. The van der Waals surface area contributed by atoms with Gasteiger partial charge in [-0.1, -0.05) is 26.0 Å². The highest BCUT2D eigenvalue weighted by Gasteiger charge is 2.22. The molecule has 1 heterocycles. The van der Waals surface area contributed by atoms with Crippen molar-refractivity contribution in [3.63, 3.8) is 0 Å². The molecule has 0 saturated carbocycles. The first-order valence-corrected chi connectivity index (χ1v) is 7.40. The Balaban J connectivity index is 0.00000200. The van der Waals surface area contributed by atoms with Crippen molar-refractivity contribution in [1.29, 1.82) is 0 Å². The summed E-state index contributed by atoms with van der Waals surface area (Å²) >= 11 is 0. The maximum absolute atomic E-state index is 9.44. The van der Waals surface area contributed by atoms with Gasteiger partial charge in [-0.15, -0.1) is 24.8 Å². The molecule has 0 aromatic heterocycles. The Morgan fingerprint density at radius 3 is 2.14 bits per heavy atom. The normalized spacial score (nSPS) is 16.9. The highest BCUT2D eigenvalue weighted by molar-refractivity contribution is 5.85. The molecular weight excluding hydrogens is 307 g/mol. The molecule has 1 aromatic carbocycles. The van der Waals surface area contributed by atoms with E-state index in [-0.39, 0.29) is 24.8 Å². The standard InChI is InChI=1S/C16H26N2O.2ClH/c1-13(2)3-8-16(18-11-9-17-10-12-18)14-4-6-15(19)7-5-14;;/h4-7,13,16-17,19H,3,8-12H2,1-2H3;2*1H/t16-;;/m0../s1. The molecule has 1 saturated heterocycles. The summed E-state index contributed by atoms with van der Waals surface area (Å²) in [6, 6.07) is 8.25. The van der Waals surface area contributed by atoms with Gasteiger partial charge in [-0.2, -0.15) is 0 Å². The van der Waals surface area contributed by atoms with Gasteiger partial charge in [0.25, 0.3) is 0 Å². The number of phenols is 1. The molecule has 5 heteroatoms. The van der Waals surface area contributed by atoms with Crippen LogP contribution in [0.25, 0.3) is 0 Å². The van der Waals surface area contributed by atoms with E-state index < -0.39 is 0 Å². The summed E-state index contributed by atoms with van der Waals surface area (Å²) in [4.78, 5) is 2.57. The van der Waals surface area contributed by atoms with Crippen molar-refractivity contribution in [3.05, 3.63) is 29.8 Å². The third-order valence-electron chi connectivity index (χ3n) is 3.89. The molecule has 1 fully saturated rings. The molecule has 0 spiro atoms. The number of rotatable bonds is 5. The van der Waals surface area contributed by atoms with Gasteiger partial charge in [-0.25, -0.2) is 0 Å². The number of piperazine rings is 1. The van der Waals surface area contributed by atoms with Gasteiger partial charge in [-0.3, -0.25) is 4.90 Å². The summed E-state index contributed by atoms with van der Waals surface area (Å²) in [6.07, 6.45) is 2.44. The predicted molar refractivity (Wildman–Crippen MR) is 93.9 cm³/mol. The fraction of sp³-hybridized carbons (Fsp3) is 0.625. The Morgan fingerprint density at radius 1 is 1.05 bits per heavy atom. The van der Waals surface area contributed by atoms with E-state index in [1.807, 2.05) is 0 Å². The minimum atomic E-state index is 0. The molecule has 2 rings (SSSR count). The molecule has 0 amide bonds. The summed E-state index contributed by atoms with van der Waals surface area (Å²) in [7, 11) is 0. The third kappa shape index (κ3) is 6.43. The number of hydrogen-bond acceptors (Lipinski definition) is 3. The molecule has 1 atom stereocenters. The summed E-state index contributed by atoms with van der Waals surface area (Å²) in [6.45, 7) is 8.96. The van der Waals surface area contributed by atoms with Crippen LogP contribution in [0.15, 0.2) is 24.3 Å². The van der Waals surface area contributed by atoms with Crippen LogP contribution in [0.2, 0.25) is 0 Å². The van der Waals surface area contributed by atoms with Gasteiger partial charge in [0.15, 0.2) is 0 Å². The average Bonchev–Trinajstić information content (AvgIpc) is 2.42. The van der Waals surface area contributed by atoms with Crippen LogP contribution in [0.4, 0.5) is 0 Å². The highest BCUT2D eigenvalue weighted by Crippen LogP contribution is 2.28. The van der Waals surface area contributed by atoms with Crippen LogP contribution < -0.4 is 5.32 Å². The van der Waals surface area contributed by atoms with Gasteiger partial charge < -0.3 is 10.4 Å². The van der Waals surface area contributed by atoms with Crippen molar-refractivity contribution in [3.8, 4) is 5.75 Å². The molecule has 2 N–H and O–H groups in total. The van der Waals surface area contributed by atoms with E-state index in [0.29, 0.717) is 11.8 Å². The Bertz CT molecular complexity index is 378. The number of hydrogen-bond donors (Lipinski definition) is 2. The number of phenolic OH excluding ortho intramolecular Hbond substituents is 1. The van der Waals surface area contributed by atoms with Crippen molar-refractivity contribution >= 4 is 24.8 Å². The first-order chi connectivity index (χ1) is 9.16. The second-order valence-electron chi connectivity index (χ2n) is 5.86. The van der Waals surface area contributed by atoms with Gasteiger partial charge in [-0.05, 0) is 36.5 Å². The van der Waals surface area contributed by atoms with Crippen LogP contribution in [0, 0.1) is 5.92 Å². The first kappa shape index (κ1) is 20.5. The fourth-order valence-corrected chi connectivity index (χ4v) is 2.74. The quantitative estimate of drug-likeness (QED) is 0.863. The van der Waals surface area contributed by atoms with Crippen molar-refractivity contribution in [1.82, 2.24) is 10.2 Å². The Hall–Kier alpha value is -0.480. The Labute approximate surface area is 140 Å². The van der Waals surface area contributed by atoms with Gasteiger partial charge in [0.1, 0.15) is 5.75 Å². The fourth-order valence-electron chi connectivity index (χ4n) is 2.74. The second-order valence-corrected chi connectivity index (χ2v) is 5.86. The lowest BCUT2D eigenvalue weighted by atomic mass is 9.95. The second kappa shape index (κ2) is 10.3. The summed E-state index contributed by atoms with van der Waals surface area (Å²) in [5, 5.41) is 12.9. The lowest BCUT2D eigenvalue weighted by molar-refractivity contribution is 0.159. The molecule has 0 aliphatic carbocycles. The van der Waals surface area contributed by atoms with E-state index in [2.05, 4.69) is 36.2 Å². The zero-order valence-corrected chi connectivity index (χ0v) is 14.6. The number of aromatic hydroxyl groups is 1. The zero-order valence-electron chi connectivity index (χ0n) is 12.9. The van der Waals surface area contributed by atoms with Crippen molar-refractivity contribution in [2.75, 3.05) is 26.2 Å². The van der Waals surface area contributed by atoms with E-state index in [1.54, 1.807) is 12.1 Å². The van der Waals surface area contributed by atoms with E-state index in [9.17, 15) is 5.11 Å². The average molecular weight is 335 g/mol. The molecule has 1 aromatic rings. The van der Waals surface area contributed by atoms with Crippen LogP contribution >= 0.6 is 24.8 Å². The topological polar surface area (TPSA) is 35.5 Å². The molecule has 122 valence electrons. The molecule has 1 aliphatic heterocycles. The van der Waals surface area contributed by atoms with Crippen LogP contribution in [0.5, 0.6) is 5.75 Å². The van der Waals surface area contributed by atoms with Crippen molar-refractivity contribution < 1.29 is 5.11 Å². The first-order valence-electron chi connectivity index (χ1n) is 7.40. The van der Waals surface area contributed by atoms with E-state index in [4.69, 9.17) is 0 Å². The largest absolute Gasteiger partial charge is 0.508 e. The Kier molecular flexibility index (Phi) is 10.0. The van der Waals surface area contributed by atoms with Crippen LogP contribution in [-0.2, 0) is 0 Å². The smallest absolute Gasteiger partial charge is 0.115 e. The maximum atomic E-state index is 9.44. The number of benzene rings is 1. The molecule has 0 radical (unpaired) electrons. The van der Waals surface area contributed by atoms with Crippen molar-refractivity contribution in [2.24, 2.45) is 5.92 Å². The van der Waals surface area contributed by atoms with Crippen LogP contribution in [0.1, 0.15) is 38.3 Å². The minimum Gasteiger partial charge on any atom is -0.508 e. The maximum Gasteiger partial charge on any atom is 0.115 e. The zero-order chi connectivity index (χ0) is 13.7. The van der Waals surface area contributed by atoms with Gasteiger partial charge in [0.2, 0.25) is 0 Å². The van der Waals surface area contributed by atoms with Gasteiger partial charge in [0.05, 0.1) is 0 Å². The molecule has 0 bridgehead atoms. The lowest BCUT2D eigenvalue weighted by Gasteiger charge is -2.35.